The lowest BCUT2D eigenvalue weighted by molar-refractivity contribution is -0.134. The summed E-state index contributed by atoms with van der Waals surface area (Å²) in [6.45, 7) is 4.58. The van der Waals surface area contributed by atoms with Gasteiger partial charge in [-0.15, -0.1) is 0 Å². The van der Waals surface area contributed by atoms with E-state index in [0.717, 1.165) is 23.0 Å². The van der Waals surface area contributed by atoms with E-state index in [-0.39, 0.29) is 11.8 Å². The number of hydrogen-bond donors (Lipinski definition) is 1. The Morgan fingerprint density at radius 2 is 2.26 bits per heavy atom. The number of aromatic nitrogens is 1. The number of hydrogen-bond acceptors (Lipinski definition) is 3. The third kappa shape index (κ3) is 3.76. The second-order valence-electron chi connectivity index (χ2n) is 5.45. The highest BCUT2D eigenvalue weighted by atomic mass is 79.9. The SMILES string of the molecule is CC(C)[C@H](N)C(=O)N(Cc1ccnc(Br)c1)C1CC1. The van der Waals surface area contributed by atoms with Crippen molar-refractivity contribution in [2.45, 2.75) is 45.3 Å². The molecular formula is C14H20BrN3O. The van der Waals surface area contributed by atoms with Crippen molar-refractivity contribution >= 4 is 21.8 Å². The van der Waals surface area contributed by atoms with E-state index >= 15 is 0 Å². The molecule has 1 amide bonds. The molecule has 0 unspecified atom stereocenters. The van der Waals surface area contributed by atoms with Crippen LogP contribution in [0.15, 0.2) is 22.9 Å². The summed E-state index contributed by atoms with van der Waals surface area (Å²) in [6.07, 6.45) is 3.92. The van der Waals surface area contributed by atoms with Gasteiger partial charge in [-0.05, 0) is 52.4 Å². The molecule has 1 heterocycles. The van der Waals surface area contributed by atoms with E-state index in [2.05, 4.69) is 20.9 Å². The van der Waals surface area contributed by atoms with Crippen LogP contribution in [0.1, 0.15) is 32.3 Å². The molecule has 2 rings (SSSR count). The first-order valence-corrected chi connectivity index (χ1v) is 7.45. The Balaban J connectivity index is 2.10. The van der Waals surface area contributed by atoms with Gasteiger partial charge in [-0.3, -0.25) is 4.79 Å². The molecule has 2 N–H and O–H groups in total. The summed E-state index contributed by atoms with van der Waals surface area (Å²) in [5.74, 6) is 0.225. The van der Waals surface area contributed by atoms with Crippen LogP contribution in [-0.2, 0) is 11.3 Å². The second kappa shape index (κ2) is 6.01. The summed E-state index contributed by atoms with van der Waals surface area (Å²) in [5.41, 5.74) is 7.08. The van der Waals surface area contributed by atoms with Crippen LogP contribution in [0.4, 0.5) is 0 Å². The molecule has 1 fully saturated rings. The zero-order valence-corrected chi connectivity index (χ0v) is 12.9. The molecule has 104 valence electrons. The maximum absolute atomic E-state index is 12.4. The van der Waals surface area contributed by atoms with Crippen molar-refractivity contribution < 1.29 is 4.79 Å². The first-order valence-electron chi connectivity index (χ1n) is 6.65. The van der Waals surface area contributed by atoms with Crippen LogP contribution in [-0.4, -0.2) is 27.9 Å². The average molecular weight is 326 g/mol. The summed E-state index contributed by atoms with van der Waals surface area (Å²) < 4.78 is 0.793. The molecule has 0 aliphatic heterocycles. The predicted molar refractivity (Wildman–Crippen MR) is 78.3 cm³/mol. The van der Waals surface area contributed by atoms with E-state index in [1.165, 1.54) is 0 Å². The molecule has 1 aromatic heterocycles. The summed E-state index contributed by atoms with van der Waals surface area (Å²) in [5, 5.41) is 0. The minimum atomic E-state index is -0.411. The quantitative estimate of drug-likeness (QED) is 0.845. The molecule has 4 nitrogen and oxygen atoms in total. The summed E-state index contributed by atoms with van der Waals surface area (Å²) >= 11 is 3.35. The van der Waals surface area contributed by atoms with Crippen molar-refractivity contribution in [1.82, 2.24) is 9.88 Å². The molecular weight excluding hydrogens is 306 g/mol. The lowest BCUT2D eigenvalue weighted by Gasteiger charge is -2.27. The number of nitrogens with two attached hydrogens (primary N) is 1. The van der Waals surface area contributed by atoms with E-state index in [1.807, 2.05) is 30.9 Å². The number of carbonyl (C=O) groups excluding carboxylic acids is 1. The third-order valence-corrected chi connectivity index (χ3v) is 3.85. The number of nitrogens with zero attached hydrogens (tertiary/aromatic N) is 2. The van der Waals surface area contributed by atoms with Crippen LogP contribution in [0.25, 0.3) is 0 Å². The van der Waals surface area contributed by atoms with E-state index < -0.39 is 6.04 Å². The molecule has 0 aromatic carbocycles. The predicted octanol–water partition coefficient (Wildman–Crippen LogP) is 2.32. The Kier molecular flexibility index (Phi) is 4.58. The highest BCUT2D eigenvalue weighted by Gasteiger charge is 2.35. The monoisotopic (exact) mass is 325 g/mol. The van der Waals surface area contributed by atoms with Crippen LogP contribution in [0.5, 0.6) is 0 Å². The van der Waals surface area contributed by atoms with E-state index in [0.29, 0.717) is 12.6 Å². The van der Waals surface area contributed by atoms with Crippen LogP contribution >= 0.6 is 15.9 Å². The Bertz CT molecular complexity index is 460. The first kappa shape index (κ1) is 14.5. The van der Waals surface area contributed by atoms with Crippen molar-refractivity contribution in [3.8, 4) is 0 Å². The highest BCUT2D eigenvalue weighted by Crippen LogP contribution is 2.29. The summed E-state index contributed by atoms with van der Waals surface area (Å²) in [4.78, 5) is 18.5. The zero-order valence-electron chi connectivity index (χ0n) is 11.3. The molecule has 0 saturated heterocycles. The van der Waals surface area contributed by atoms with Crippen molar-refractivity contribution in [2.75, 3.05) is 0 Å². The van der Waals surface area contributed by atoms with Gasteiger partial charge in [0.05, 0.1) is 6.04 Å². The number of carbonyl (C=O) groups is 1. The molecule has 0 spiro atoms. The largest absolute Gasteiger partial charge is 0.334 e. The lowest BCUT2D eigenvalue weighted by atomic mass is 10.0. The summed E-state index contributed by atoms with van der Waals surface area (Å²) in [6, 6.07) is 3.84. The van der Waals surface area contributed by atoms with Crippen molar-refractivity contribution in [2.24, 2.45) is 11.7 Å². The van der Waals surface area contributed by atoms with Gasteiger partial charge >= 0.3 is 0 Å². The van der Waals surface area contributed by atoms with Gasteiger partial charge in [-0.25, -0.2) is 4.98 Å². The van der Waals surface area contributed by atoms with Gasteiger partial charge in [0.2, 0.25) is 5.91 Å². The Morgan fingerprint density at radius 1 is 1.58 bits per heavy atom. The van der Waals surface area contributed by atoms with Crippen LogP contribution in [0.3, 0.4) is 0 Å². The Labute approximate surface area is 122 Å². The van der Waals surface area contributed by atoms with Gasteiger partial charge in [0.25, 0.3) is 0 Å². The number of amides is 1. The minimum Gasteiger partial charge on any atom is -0.334 e. The Morgan fingerprint density at radius 3 is 2.79 bits per heavy atom. The number of halogens is 1. The third-order valence-electron chi connectivity index (χ3n) is 3.42. The fourth-order valence-electron chi connectivity index (χ4n) is 1.99. The van der Waals surface area contributed by atoms with Gasteiger partial charge in [0.1, 0.15) is 4.60 Å². The molecule has 1 atom stereocenters. The normalized spacial score (nSPS) is 16.5. The van der Waals surface area contributed by atoms with Gasteiger partial charge in [0.15, 0.2) is 0 Å². The lowest BCUT2D eigenvalue weighted by Crippen LogP contribution is -2.47. The number of pyridine rings is 1. The fourth-order valence-corrected chi connectivity index (χ4v) is 2.40. The molecule has 0 bridgehead atoms. The smallest absolute Gasteiger partial charge is 0.240 e. The molecule has 19 heavy (non-hydrogen) atoms. The van der Waals surface area contributed by atoms with Crippen LogP contribution in [0.2, 0.25) is 0 Å². The summed E-state index contributed by atoms with van der Waals surface area (Å²) in [7, 11) is 0. The molecule has 1 aliphatic rings. The van der Waals surface area contributed by atoms with E-state index in [4.69, 9.17) is 5.73 Å². The van der Waals surface area contributed by atoms with Crippen LogP contribution < -0.4 is 5.73 Å². The number of rotatable bonds is 5. The Hall–Kier alpha value is -0.940. The zero-order chi connectivity index (χ0) is 14.0. The van der Waals surface area contributed by atoms with Crippen molar-refractivity contribution in [3.63, 3.8) is 0 Å². The van der Waals surface area contributed by atoms with Crippen LogP contribution in [0, 0.1) is 5.92 Å². The second-order valence-corrected chi connectivity index (χ2v) is 6.27. The highest BCUT2D eigenvalue weighted by molar-refractivity contribution is 9.10. The fraction of sp³-hybridized carbons (Fsp3) is 0.571. The average Bonchev–Trinajstić information content (AvgIpc) is 3.18. The minimum absolute atomic E-state index is 0.0606. The van der Waals surface area contributed by atoms with Gasteiger partial charge in [0, 0.05) is 18.8 Å². The van der Waals surface area contributed by atoms with E-state index in [1.54, 1.807) is 6.20 Å². The maximum Gasteiger partial charge on any atom is 0.240 e. The molecule has 0 radical (unpaired) electrons. The first-order chi connectivity index (χ1) is 8.99. The van der Waals surface area contributed by atoms with Gasteiger partial charge in [-0.2, -0.15) is 0 Å². The molecule has 1 aliphatic carbocycles. The molecule has 1 saturated carbocycles. The topological polar surface area (TPSA) is 59.2 Å². The maximum atomic E-state index is 12.4. The molecule has 5 heteroatoms. The van der Waals surface area contributed by atoms with Gasteiger partial charge in [-0.1, -0.05) is 13.8 Å². The van der Waals surface area contributed by atoms with Crippen molar-refractivity contribution in [1.29, 1.82) is 0 Å². The van der Waals surface area contributed by atoms with Gasteiger partial charge < -0.3 is 10.6 Å². The van der Waals surface area contributed by atoms with E-state index in [9.17, 15) is 4.79 Å². The molecule has 1 aromatic rings. The van der Waals surface area contributed by atoms with Crippen molar-refractivity contribution in [3.05, 3.63) is 28.5 Å². The standard InChI is InChI=1S/C14H20BrN3O/c1-9(2)13(16)14(19)18(11-3-4-11)8-10-5-6-17-12(15)7-10/h5-7,9,11,13H,3-4,8,16H2,1-2H3/t13-/m0/s1.